The monoisotopic (exact) mass is 415 g/mol. The van der Waals surface area contributed by atoms with Crippen LogP contribution < -0.4 is 4.74 Å². The Morgan fingerprint density at radius 2 is 1.65 bits per heavy atom. The molecule has 2 aromatic heterocycles. The molecular weight excluding hydrogens is 390 g/mol. The molecule has 0 aliphatic heterocycles. The molecule has 0 saturated carbocycles. The Bertz CT molecular complexity index is 1070. The number of furan rings is 2. The second-order valence-electron chi connectivity index (χ2n) is 7.28. The summed E-state index contributed by atoms with van der Waals surface area (Å²) in [6.07, 6.45) is 3.85. The van der Waals surface area contributed by atoms with Crippen LogP contribution in [0.25, 0.3) is 0 Å². The molecule has 158 valence electrons. The molecule has 31 heavy (non-hydrogen) atoms. The second-order valence-corrected chi connectivity index (χ2v) is 7.28. The number of rotatable bonds is 9. The Hall–Kier alpha value is -3.73. The summed E-state index contributed by atoms with van der Waals surface area (Å²) in [6, 6.07) is 25.4. The zero-order valence-electron chi connectivity index (χ0n) is 17.4. The van der Waals surface area contributed by atoms with Gasteiger partial charge in [0.2, 0.25) is 0 Å². The number of hydrogen-bond acceptors (Lipinski definition) is 4. The summed E-state index contributed by atoms with van der Waals surface area (Å²) in [6.45, 7) is 0.901. The minimum Gasteiger partial charge on any atom is -0.496 e. The third kappa shape index (κ3) is 4.89. The first-order chi connectivity index (χ1) is 15.3. The van der Waals surface area contributed by atoms with Crippen LogP contribution in [0.15, 0.2) is 100 Å². The van der Waals surface area contributed by atoms with Gasteiger partial charge in [0, 0.05) is 18.0 Å². The van der Waals surface area contributed by atoms with Crippen LogP contribution in [0.3, 0.4) is 0 Å². The largest absolute Gasteiger partial charge is 0.496 e. The molecule has 4 aromatic rings. The van der Waals surface area contributed by atoms with Crippen LogP contribution in [-0.2, 0) is 6.54 Å². The van der Waals surface area contributed by atoms with E-state index in [0.29, 0.717) is 18.8 Å². The van der Waals surface area contributed by atoms with Gasteiger partial charge in [-0.1, -0.05) is 48.5 Å². The average molecular weight is 415 g/mol. The molecule has 1 atom stereocenters. The third-order valence-corrected chi connectivity index (χ3v) is 5.35. The number of nitrogens with zero attached hydrogens (tertiary/aromatic N) is 1. The van der Waals surface area contributed by atoms with Crippen molar-refractivity contribution in [2.45, 2.75) is 18.9 Å². The number of carbonyl (C=O) groups excluding carboxylic acids is 1. The highest BCUT2D eigenvalue weighted by molar-refractivity contribution is 5.91. The van der Waals surface area contributed by atoms with Crippen LogP contribution in [0.1, 0.15) is 39.8 Å². The van der Waals surface area contributed by atoms with Crippen LogP contribution in [0.5, 0.6) is 5.75 Å². The molecular formula is C26H25NO4. The molecule has 0 fully saturated rings. The van der Waals surface area contributed by atoms with Crippen molar-refractivity contribution in [2.24, 2.45) is 0 Å². The van der Waals surface area contributed by atoms with Crippen LogP contribution >= 0.6 is 0 Å². The molecule has 0 aliphatic rings. The molecule has 2 aromatic carbocycles. The number of benzene rings is 2. The van der Waals surface area contributed by atoms with E-state index in [-0.39, 0.29) is 11.8 Å². The van der Waals surface area contributed by atoms with E-state index >= 15 is 0 Å². The summed E-state index contributed by atoms with van der Waals surface area (Å²) in [5.41, 5.74) is 2.27. The SMILES string of the molecule is COc1ccccc1C(CCN(Cc1ccco1)C(=O)c1ccco1)c1ccccc1. The maximum atomic E-state index is 13.1. The smallest absolute Gasteiger partial charge is 0.289 e. The van der Waals surface area contributed by atoms with Crippen molar-refractivity contribution in [1.29, 1.82) is 0 Å². The highest BCUT2D eigenvalue weighted by Gasteiger charge is 2.24. The molecule has 4 rings (SSSR count). The maximum Gasteiger partial charge on any atom is 0.289 e. The maximum absolute atomic E-state index is 13.1. The van der Waals surface area contributed by atoms with Gasteiger partial charge < -0.3 is 18.5 Å². The second kappa shape index (κ2) is 9.85. The molecule has 2 heterocycles. The average Bonchev–Trinajstić information content (AvgIpc) is 3.53. The van der Waals surface area contributed by atoms with E-state index in [1.807, 2.05) is 48.5 Å². The van der Waals surface area contributed by atoms with Crippen molar-refractivity contribution < 1.29 is 18.4 Å². The fraction of sp³-hybridized carbons (Fsp3) is 0.192. The summed E-state index contributed by atoms with van der Waals surface area (Å²) >= 11 is 0. The number of ether oxygens (including phenoxy) is 1. The van der Waals surface area contributed by atoms with E-state index in [0.717, 1.165) is 23.5 Å². The first-order valence-corrected chi connectivity index (χ1v) is 10.3. The molecule has 0 saturated heterocycles. The first-order valence-electron chi connectivity index (χ1n) is 10.3. The van der Waals surface area contributed by atoms with E-state index in [2.05, 4.69) is 18.2 Å². The molecule has 1 unspecified atom stereocenters. The van der Waals surface area contributed by atoms with Crippen LogP contribution in [0, 0.1) is 0 Å². The third-order valence-electron chi connectivity index (χ3n) is 5.35. The fourth-order valence-electron chi connectivity index (χ4n) is 3.83. The minimum atomic E-state index is -0.159. The van der Waals surface area contributed by atoms with Crippen molar-refractivity contribution in [3.05, 3.63) is 114 Å². The van der Waals surface area contributed by atoms with E-state index in [1.165, 1.54) is 11.8 Å². The Balaban J connectivity index is 1.62. The van der Waals surface area contributed by atoms with Gasteiger partial charge in [-0.15, -0.1) is 0 Å². The summed E-state index contributed by atoms with van der Waals surface area (Å²) in [5, 5.41) is 0. The zero-order valence-corrected chi connectivity index (χ0v) is 17.4. The molecule has 0 N–H and O–H groups in total. The molecule has 0 bridgehead atoms. The summed E-state index contributed by atoms with van der Waals surface area (Å²) in [4.78, 5) is 14.9. The summed E-state index contributed by atoms with van der Waals surface area (Å²) in [7, 11) is 1.69. The predicted molar refractivity (Wildman–Crippen MR) is 118 cm³/mol. The van der Waals surface area contributed by atoms with Gasteiger partial charge in [-0.25, -0.2) is 0 Å². The lowest BCUT2D eigenvalue weighted by molar-refractivity contribution is 0.0695. The normalized spacial score (nSPS) is 11.8. The van der Waals surface area contributed by atoms with Crippen molar-refractivity contribution in [1.82, 2.24) is 4.90 Å². The van der Waals surface area contributed by atoms with Gasteiger partial charge in [-0.05, 0) is 42.3 Å². The van der Waals surface area contributed by atoms with Crippen molar-refractivity contribution in [2.75, 3.05) is 13.7 Å². The highest BCUT2D eigenvalue weighted by atomic mass is 16.5. The van der Waals surface area contributed by atoms with E-state index < -0.39 is 0 Å². The first kappa shape index (κ1) is 20.5. The lowest BCUT2D eigenvalue weighted by atomic mass is 9.87. The van der Waals surface area contributed by atoms with Gasteiger partial charge in [0.15, 0.2) is 5.76 Å². The summed E-state index contributed by atoms with van der Waals surface area (Å²) in [5.74, 6) is 1.80. The van der Waals surface area contributed by atoms with Crippen LogP contribution in [-0.4, -0.2) is 24.5 Å². The number of carbonyl (C=O) groups is 1. The molecule has 0 spiro atoms. The topological polar surface area (TPSA) is 55.8 Å². The van der Waals surface area contributed by atoms with Crippen molar-refractivity contribution >= 4 is 5.91 Å². The van der Waals surface area contributed by atoms with Gasteiger partial charge in [-0.2, -0.15) is 0 Å². The molecule has 5 nitrogen and oxygen atoms in total. The van der Waals surface area contributed by atoms with Gasteiger partial charge in [0.05, 0.1) is 26.2 Å². The Kier molecular flexibility index (Phi) is 6.53. The molecule has 0 radical (unpaired) electrons. The predicted octanol–water partition coefficient (Wildman–Crippen LogP) is 5.75. The van der Waals surface area contributed by atoms with E-state index in [4.69, 9.17) is 13.6 Å². The Morgan fingerprint density at radius 3 is 2.35 bits per heavy atom. The van der Waals surface area contributed by atoms with Gasteiger partial charge in [0.25, 0.3) is 5.91 Å². The zero-order chi connectivity index (χ0) is 21.5. The van der Waals surface area contributed by atoms with Gasteiger partial charge in [-0.3, -0.25) is 4.79 Å². The number of hydrogen-bond donors (Lipinski definition) is 0. The Labute approximate surface area is 181 Å². The molecule has 0 aliphatic carbocycles. The molecule has 1 amide bonds. The van der Waals surface area contributed by atoms with E-state index in [1.54, 1.807) is 30.4 Å². The lowest BCUT2D eigenvalue weighted by Gasteiger charge is -2.25. The van der Waals surface area contributed by atoms with E-state index in [9.17, 15) is 4.79 Å². The quantitative estimate of drug-likeness (QED) is 0.349. The highest BCUT2D eigenvalue weighted by Crippen LogP contribution is 2.34. The van der Waals surface area contributed by atoms with Crippen molar-refractivity contribution in [3.63, 3.8) is 0 Å². The number of amides is 1. The number of para-hydroxylation sites is 1. The van der Waals surface area contributed by atoms with Gasteiger partial charge in [0.1, 0.15) is 11.5 Å². The van der Waals surface area contributed by atoms with Crippen LogP contribution in [0.4, 0.5) is 0 Å². The van der Waals surface area contributed by atoms with Gasteiger partial charge >= 0.3 is 0 Å². The van der Waals surface area contributed by atoms with Crippen LogP contribution in [0.2, 0.25) is 0 Å². The fourth-order valence-corrected chi connectivity index (χ4v) is 3.83. The lowest BCUT2D eigenvalue weighted by Crippen LogP contribution is -2.32. The standard InChI is InChI=1S/C26H25NO4/c1-29-24-13-6-5-12-23(24)22(20-9-3-2-4-10-20)15-16-27(19-21-11-7-17-30-21)26(28)25-14-8-18-31-25/h2-14,17-18,22H,15-16,19H2,1H3. The summed E-state index contributed by atoms with van der Waals surface area (Å²) < 4.78 is 16.5. The Morgan fingerprint density at radius 1 is 0.903 bits per heavy atom. The van der Waals surface area contributed by atoms with Crippen molar-refractivity contribution in [3.8, 4) is 5.75 Å². The number of methoxy groups -OCH3 is 1. The molecule has 5 heteroatoms. The minimum absolute atomic E-state index is 0.0702.